The zero-order chi connectivity index (χ0) is 24.0. The second-order valence-electron chi connectivity index (χ2n) is 8.25. The van der Waals surface area contributed by atoms with Gasteiger partial charge in [-0.05, 0) is 60.2 Å². The number of fused-ring (bicyclic) bond motifs is 1. The van der Waals surface area contributed by atoms with E-state index in [2.05, 4.69) is 11.2 Å². The van der Waals surface area contributed by atoms with E-state index in [1.807, 2.05) is 12.1 Å². The molecule has 0 radical (unpaired) electrons. The zero-order valence-corrected chi connectivity index (χ0v) is 19.3. The van der Waals surface area contributed by atoms with E-state index in [1.165, 1.54) is 26.4 Å². The number of ether oxygens (including phenoxy) is 2. The second kappa shape index (κ2) is 8.72. The van der Waals surface area contributed by atoms with E-state index in [0.717, 1.165) is 30.0 Å². The molecule has 1 aromatic heterocycles. The van der Waals surface area contributed by atoms with Crippen molar-refractivity contribution in [2.75, 3.05) is 14.2 Å². The van der Waals surface area contributed by atoms with Crippen LogP contribution in [0.2, 0.25) is 5.02 Å². The van der Waals surface area contributed by atoms with Crippen LogP contribution in [0, 0.1) is 11.6 Å². The maximum Gasteiger partial charge on any atom is 0.341 e. The lowest BCUT2D eigenvalue weighted by Gasteiger charge is -2.12. The van der Waals surface area contributed by atoms with Crippen LogP contribution in [-0.4, -0.2) is 30.0 Å². The van der Waals surface area contributed by atoms with E-state index in [1.54, 1.807) is 16.8 Å². The molecule has 1 heterocycles. The molecule has 3 aromatic carbocycles. The summed E-state index contributed by atoms with van der Waals surface area (Å²) in [6.07, 6.45) is 2.20. The van der Waals surface area contributed by atoms with Crippen LogP contribution in [0.4, 0.5) is 8.78 Å². The molecule has 34 heavy (non-hydrogen) atoms. The number of aromatic nitrogens is 2. The summed E-state index contributed by atoms with van der Waals surface area (Å²) in [5.41, 5.74) is 2.64. The van der Waals surface area contributed by atoms with Gasteiger partial charge in [0.1, 0.15) is 28.6 Å². The first kappa shape index (κ1) is 22.3. The Bertz CT molecular complexity index is 1430. The molecule has 0 aliphatic heterocycles. The minimum Gasteiger partial charge on any atom is -0.496 e. The standard InChI is InChI=1S/C26H21ClF2N2O3/c1-33-23-12-16(21(29)11-17(23)26(32)34-2)25-24-20(28)7-4-8-22(24)31(30-25)13-18-15(14-9-10-14)5-3-6-19(18)27/h3-8,11-12,14H,9-10,13H2,1-2H3. The summed E-state index contributed by atoms with van der Waals surface area (Å²) >= 11 is 6.55. The fourth-order valence-electron chi connectivity index (χ4n) is 4.34. The van der Waals surface area contributed by atoms with Gasteiger partial charge in [0.05, 0.1) is 31.7 Å². The molecule has 0 spiro atoms. The van der Waals surface area contributed by atoms with Crippen LogP contribution in [0.5, 0.6) is 5.75 Å². The van der Waals surface area contributed by atoms with Gasteiger partial charge >= 0.3 is 5.97 Å². The van der Waals surface area contributed by atoms with Crippen LogP contribution in [0.25, 0.3) is 22.2 Å². The second-order valence-corrected chi connectivity index (χ2v) is 8.65. The van der Waals surface area contributed by atoms with Crippen molar-refractivity contribution in [3.63, 3.8) is 0 Å². The quantitative estimate of drug-likeness (QED) is 0.300. The number of rotatable bonds is 6. The Morgan fingerprint density at radius 1 is 1.12 bits per heavy atom. The van der Waals surface area contributed by atoms with Crippen molar-refractivity contribution in [3.8, 4) is 17.0 Å². The first-order chi connectivity index (χ1) is 16.4. The molecule has 0 atom stereocenters. The highest BCUT2D eigenvalue weighted by molar-refractivity contribution is 6.31. The highest BCUT2D eigenvalue weighted by Crippen LogP contribution is 2.44. The summed E-state index contributed by atoms with van der Waals surface area (Å²) in [7, 11) is 2.56. The van der Waals surface area contributed by atoms with Crippen LogP contribution >= 0.6 is 11.6 Å². The fraction of sp³-hybridized carbons (Fsp3) is 0.231. The molecule has 1 fully saturated rings. The molecule has 174 valence electrons. The molecule has 1 saturated carbocycles. The SMILES string of the molecule is COC(=O)c1cc(F)c(-c2nn(Cc3c(Cl)cccc3C3CC3)c3cccc(F)c23)cc1OC. The number of carbonyl (C=O) groups is 1. The molecule has 4 aromatic rings. The molecule has 1 aliphatic carbocycles. The number of halogens is 3. The Morgan fingerprint density at radius 3 is 2.59 bits per heavy atom. The Morgan fingerprint density at radius 2 is 1.88 bits per heavy atom. The molecule has 5 nitrogen and oxygen atoms in total. The van der Waals surface area contributed by atoms with Crippen LogP contribution in [-0.2, 0) is 11.3 Å². The number of benzene rings is 3. The number of esters is 1. The Hall–Kier alpha value is -3.45. The van der Waals surface area contributed by atoms with Crippen molar-refractivity contribution in [2.45, 2.75) is 25.3 Å². The zero-order valence-electron chi connectivity index (χ0n) is 18.6. The number of hydrogen-bond donors (Lipinski definition) is 0. The molecule has 0 N–H and O–H groups in total. The van der Waals surface area contributed by atoms with Crippen molar-refractivity contribution >= 4 is 28.5 Å². The van der Waals surface area contributed by atoms with Gasteiger partial charge in [0, 0.05) is 10.6 Å². The number of hydrogen-bond acceptors (Lipinski definition) is 4. The maximum absolute atomic E-state index is 15.2. The van der Waals surface area contributed by atoms with Crippen molar-refractivity contribution in [1.82, 2.24) is 9.78 Å². The molecule has 0 bridgehead atoms. The van der Waals surface area contributed by atoms with E-state index in [9.17, 15) is 4.79 Å². The van der Waals surface area contributed by atoms with Crippen molar-refractivity contribution in [3.05, 3.63) is 81.9 Å². The van der Waals surface area contributed by atoms with Gasteiger partial charge < -0.3 is 9.47 Å². The van der Waals surface area contributed by atoms with Gasteiger partial charge in [-0.1, -0.05) is 29.8 Å². The monoisotopic (exact) mass is 482 g/mol. The van der Waals surface area contributed by atoms with Crippen LogP contribution in [0.1, 0.15) is 40.2 Å². The van der Waals surface area contributed by atoms with E-state index in [4.69, 9.17) is 21.1 Å². The fourth-order valence-corrected chi connectivity index (χ4v) is 4.58. The topological polar surface area (TPSA) is 53.3 Å². The normalized spacial score (nSPS) is 13.3. The van der Waals surface area contributed by atoms with Crippen LogP contribution in [0.15, 0.2) is 48.5 Å². The third kappa shape index (κ3) is 3.80. The molecular formula is C26H21ClF2N2O3. The minimum absolute atomic E-state index is 0.0138. The van der Waals surface area contributed by atoms with Gasteiger partial charge in [0.15, 0.2) is 0 Å². The summed E-state index contributed by atoms with van der Waals surface area (Å²) in [6.45, 7) is 0.310. The molecule has 0 unspecified atom stereocenters. The van der Waals surface area contributed by atoms with Crippen LogP contribution < -0.4 is 4.74 Å². The highest BCUT2D eigenvalue weighted by atomic mass is 35.5. The lowest BCUT2D eigenvalue weighted by molar-refractivity contribution is 0.0596. The minimum atomic E-state index is -0.743. The van der Waals surface area contributed by atoms with Crippen molar-refractivity contribution in [2.24, 2.45) is 0 Å². The Labute approximate surface area is 199 Å². The number of methoxy groups -OCH3 is 2. The van der Waals surface area contributed by atoms with E-state index < -0.39 is 17.6 Å². The molecule has 1 aliphatic rings. The third-order valence-corrected chi connectivity index (χ3v) is 6.51. The summed E-state index contributed by atoms with van der Waals surface area (Å²) in [5, 5.41) is 5.40. The smallest absolute Gasteiger partial charge is 0.341 e. The lowest BCUT2D eigenvalue weighted by atomic mass is 10.0. The Kier molecular flexibility index (Phi) is 5.73. The first-order valence-corrected chi connectivity index (χ1v) is 11.2. The van der Waals surface area contributed by atoms with Gasteiger partial charge in [-0.3, -0.25) is 4.68 Å². The van der Waals surface area contributed by atoms with Gasteiger partial charge in [0.2, 0.25) is 0 Å². The average molecular weight is 483 g/mol. The lowest BCUT2D eigenvalue weighted by Crippen LogP contribution is -2.06. The van der Waals surface area contributed by atoms with Crippen LogP contribution in [0.3, 0.4) is 0 Å². The summed E-state index contributed by atoms with van der Waals surface area (Å²) in [6, 6.07) is 12.8. The molecule has 0 saturated heterocycles. The predicted octanol–water partition coefficient (Wildman–Crippen LogP) is 6.36. The van der Waals surface area contributed by atoms with Gasteiger partial charge in [-0.25, -0.2) is 13.6 Å². The molecule has 8 heteroatoms. The van der Waals surface area contributed by atoms with Crippen molar-refractivity contribution < 1.29 is 23.0 Å². The average Bonchev–Trinajstić information content (AvgIpc) is 3.62. The predicted molar refractivity (Wildman–Crippen MR) is 126 cm³/mol. The van der Waals surface area contributed by atoms with Gasteiger partial charge in [0.25, 0.3) is 0 Å². The summed E-state index contributed by atoms with van der Waals surface area (Å²) in [4.78, 5) is 12.0. The largest absolute Gasteiger partial charge is 0.496 e. The molecular weight excluding hydrogens is 462 g/mol. The molecule has 0 amide bonds. The summed E-state index contributed by atoms with van der Waals surface area (Å²) < 4.78 is 41.9. The first-order valence-electron chi connectivity index (χ1n) is 10.8. The highest BCUT2D eigenvalue weighted by Gasteiger charge is 2.28. The maximum atomic E-state index is 15.2. The van der Waals surface area contributed by atoms with E-state index in [-0.39, 0.29) is 28.0 Å². The third-order valence-electron chi connectivity index (χ3n) is 6.16. The summed E-state index contributed by atoms with van der Waals surface area (Å²) in [5.74, 6) is -1.46. The van der Waals surface area contributed by atoms with Gasteiger partial charge in [-0.15, -0.1) is 0 Å². The number of nitrogens with zero attached hydrogens (tertiary/aromatic N) is 2. The Balaban J connectivity index is 1.69. The van der Waals surface area contributed by atoms with Gasteiger partial charge in [-0.2, -0.15) is 5.10 Å². The number of carbonyl (C=O) groups excluding carboxylic acids is 1. The van der Waals surface area contributed by atoms with E-state index in [0.29, 0.717) is 23.0 Å². The molecule has 5 rings (SSSR count). The van der Waals surface area contributed by atoms with Crippen molar-refractivity contribution in [1.29, 1.82) is 0 Å². The van der Waals surface area contributed by atoms with E-state index >= 15 is 8.78 Å².